The minimum absolute atomic E-state index is 0.564. The van der Waals surface area contributed by atoms with Crippen molar-refractivity contribution in [1.82, 2.24) is 0 Å². The number of methoxy groups -OCH3 is 1. The Morgan fingerprint density at radius 2 is 1.50 bits per heavy atom. The summed E-state index contributed by atoms with van der Waals surface area (Å²) in [6, 6.07) is 0. The molecule has 0 heterocycles. The van der Waals surface area contributed by atoms with Gasteiger partial charge in [-0.15, -0.1) is 0 Å². The van der Waals surface area contributed by atoms with E-state index in [-0.39, 0.29) is 0 Å². The number of ether oxygens (including phenoxy) is 1. The Morgan fingerprint density at radius 1 is 0.700 bits per heavy atom. The van der Waals surface area contributed by atoms with E-state index in [2.05, 4.69) is 0 Å². The molecule has 1 heteroatoms. The van der Waals surface area contributed by atoms with Crippen LogP contribution in [0.5, 0.6) is 0 Å². The Morgan fingerprint density at radius 3 is 2.10 bits per heavy atom. The second kappa shape index (κ2) is 5.00. The van der Waals surface area contributed by atoms with Crippen molar-refractivity contribution in [3.8, 4) is 0 Å². The lowest BCUT2D eigenvalue weighted by atomic mass is 9.52. The van der Waals surface area contributed by atoms with E-state index in [1.165, 1.54) is 51.4 Å². The molecule has 0 aromatic heterocycles. The van der Waals surface area contributed by atoms with Gasteiger partial charge in [0.2, 0.25) is 0 Å². The van der Waals surface area contributed by atoms with E-state index in [1.54, 1.807) is 32.1 Å². The highest BCUT2D eigenvalue weighted by Gasteiger charge is 2.71. The highest BCUT2D eigenvalue weighted by atomic mass is 16.5. The van der Waals surface area contributed by atoms with E-state index in [0.717, 1.165) is 22.7 Å². The molecule has 0 radical (unpaired) electrons. The summed E-state index contributed by atoms with van der Waals surface area (Å²) < 4.78 is 5.73. The van der Waals surface area contributed by atoms with E-state index in [4.69, 9.17) is 4.74 Å². The zero-order chi connectivity index (χ0) is 13.6. The third-order valence-corrected chi connectivity index (χ3v) is 7.94. The molecular formula is C19H32O. The summed E-state index contributed by atoms with van der Waals surface area (Å²) in [5.41, 5.74) is 1.57. The quantitative estimate of drug-likeness (QED) is 0.633. The standard InChI is InChI=1S/C19H32O/c1-20-17-8-5-11-18(13-10-17,15-6-3-2-4-7-15)19-12-9-16(19)14-19/h15-17H,2-14H2,1H3. The highest BCUT2D eigenvalue weighted by molar-refractivity contribution is 5.20. The molecule has 4 fully saturated rings. The lowest BCUT2D eigenvalue weighted by molar-refractivity contribution is -0.0358. The normalized spacial score (nSPS) is 49.0. The lowest BCUT2D eigenvalue weighted by Crippen LogP contribution is -2.44. The molecule has 4 saturated carbocycles. The van der Waals surface area contributed by atoms with Crippen molar-refractivity contribution in [2.75, 3.05) is 7.11 Å². The van der Waals surface area contributed by atoms with Crippen LogP contribution in [0, 0.1) is 22.7 Å². The Hall–Kier alpha value is -0.0400. The average Bonchev–Trinajstić information content (AvgIpc) is 3.11. The minimum atomic E-state index is 0.564. The van der Waals surface area contributed by atoms with E-state index in [0.29, 0.717) is 6.10 Å². The van der Waals surface area contributed by atoms with Gasteiger partial charge in [-0.1, -0.05) is 25.7 Å². The van der Waals surface area contributed by atoms with Crippen LogP contribution in [0.15, 0.2) is 0 Å². The summed E-state index contributed by atoms with van der Waals surface area (Å²) in [6.45, 7) is 0. The second-order valence-electron chi connectivity index (χ2n) is 8.38. The van der Waals surface area contributed by atoms with Crippen LogP contribution in [0.3, 0.4) is 0 Å². The van der Waals surface area contributed by atoms with Crippen LogP contribution in [0.2, 0.25) is 0 Å². The smallest absolute Gasteiger partial charge is 0.0571 e. The number of fused-ring (bicyclic) bond motifs is 1. The van der Waals surface area contributed by atoms with E-state index < -0.39 is 0 Å². The maximum Gasteiger partial charge on any atom is 0.0571 e. The molecule has 0 aromatic carbocycles. The fourth-order valence-electron chi connectivity index (χ4n) is 6.68. The summed E-state index contributed by atoms with van der Waals surface area (Å²) >= 11 is 0. The summed E-state index contributed by atoms with van der Waals surface area (Å²) in [6.07, 6.45) is 20.1. The summed E-state index contributed by atoms with van der Waals surface area (Å²) in [5.74, 6) is 2.21. The van der Waals surface area contributed by atoms with Crippen molar-refractivity contribution in [3.05, 3.63) is 0 Å². The molecular weight excluding hydrogens is 244 g/mol. The fourth-order valence-corrected chi connectivity index (χ4v) is 6.68. The first kappa shape index (κ1) is 13.6. The summed E-state index contributed by atoms with van der Waals surface area (Å²) in [7, 11) is 1.93. The minimum Gasteiger partial charge on any atom is -0.381 e. The number of hydrogen-bond acceptors (Lipinski definition) is 1. The maximum atomic E-state index is 5.73. The van der Waals surface area contributed by atoms with E-state index >= 15 is 0 Å². The van der Waals surface area contributed by atoms with Crippen molar-refractivity contribution < 1.29 is 4.74 Å². The van der Waals surface area contributed by atoms with Gasteiger partial charge in [0.1, 0.15) is 0 Å². The second-order valence-corrected chi connectivity index (χ2v) is 8.38. The lowest BCUT2D eigenvalue weighted by Gasteiger charge is -2.52. The van der Waals surface area contributed by atoms with Crippen LogP contribution in [0.4, 0.5) is 0 Å². The van der Waals surface area contributed by atoms with Gasteiger partial charge in [-0.3, -0.25) is 0 Å². The van der Waals surface area contributed by atoms with Crippen LogP contribution in [0.25, 0.3) is 0 Å². The van der Waals surface area contributed by atoms with Gasteiger partial charge in [0.05, 0.1) is 6.10 Å². The van der Waals surface area contributed by atoms with Crippen molar-refractivity contribution >= 4 is 0 Å². The van der Waals surface area contributed by atoms with Gasteiger partial charge in [-0.05, 0) is 80.5 Å². The largest absolute Gasteiger partial charge is 0.381 e. The molecule has 0 saturated heterocycles. The molecule has 0 bridgehead atoms. The molecule has 20 heavy (non-hydrogen) atoms. The van der Waals surface area contributed by atoms with E-state index in [9.17, 15) is 0 Å². The first-order valence-electron chi connectivity index (χ1n) is 9.34. The summed E-state index contributed by atoms with van der Waals surface area (Å²) in [5, 5.41) is 0. The van der Waals surface area contributed by atoms with Gasteiger partial charge < -0.3 is 4.74 Å². The Bertz CT molecular complexity index is 355. The molecule has 4 rings (SSSR count). The Labute approximate surface area is 124 Å². The Kier molecular flexibility index (Phi) is 3.41. The van der Waals surface area contributed by atoms with Crippen LogP contribution in [0.1, 0.15) is 83.5 Å². The molecule has 0 spiro atoms. The van der Waals surface area contributed by atoms with Gasteiger partial charge in [-0.25, -0.2) is 0 Å². The van der Waals surface area contributed by atoms with Gasteiger partial charge >= 0.3 is 0 Å². The summed E-state index contributed by atoms with van der Waals surface area (Å²) in [4.78, 5) is 0. The van der Waals surface area contributed by atoms with Gasteiger partial charge in [0.15, 0.2) is 0 Å². The van der Waals surface area contributed by atoms with Gasteiger partial charge in [0, 0.05) is 7.11 Å². The van der Waals surface area contributed by atoms with E-state index in [1.807, 2.05) is 7.11 Å². The van der Waals surface area contributed by atoms with Crippen molar-refractivity contribution in [2.45, 2.75) is 89.6 Å². The first-order valence-corrected chi connectivity index (χ1v) is 9.34. The predicted octanol–water partition coefficient (Wildman–Crippen LogP) is 5.33. The molecule has 0 aliphatic heterocycles. The predicted molar refractivity (Wildman–Crippen MR) is 82.7 cm³/mol. The molecule has 4 unspecified atom stereocenters. The molecule has 4 aliphatic rings. The monoisotopic (exact) mass is 276 g/mol. The van der Waals surface area contributed by atoms with Gasteiger partial charge in [0.25, 0.3) is 0 Å². The molecule has 0 amide bonds. The third kappa shape index (κ3) is 1.84. The van der Waals surface area contributed by atoms with Crippen LogP contribution in [-0.2, 0) is 4.74 Å². The molecule has 0 aromatic rings. The maximum absolute atomic E-state index is 5.73. The third-order valence-electron chi connectivity index (χ3n) is 7.94. The van der Waals surface area contributed by atoms with Crippen LogP contribution in [-0.4, -0.2) is 13.2 Å². The van der Waals surface area contributed by atoms with Crippen LogP contribution >= 0.6 is 0 Å². The Balaban J connectivity index is 1.59. The highest BCUT2D eigenvalue weighted by Crippen LogP contribution is 2.80. The average molecular weight is 276 g/mol. The number of rotatable bonds is 3. The SMILES string of the molecule is COC1CCCC(C2CCCCC2)(C23CCC2C3)CC1. The zero-order valence-electron chi connectivity index (χ0n) is 13.3. The fraction of sp³-hybridized carbons (Fsp3) is 1.00. The van der Waals surface area contributed by atoms with Crippen molar-refractivity contribution in [1.29, 1.82) is 0 Å². The number of hydrogen-bond donors (Lipinski definition) is 0. The molecule has 1 nitrogen and oxygen atoms in total. The molecule has 4 atom stereocenters. The van der Waals surface area contributed by atoms with Crippen LogP contribution < -0.4 is 0 Å². The van der Waals surface area contributed by atoms with Crippen molar-refractivity contribution in [3.63, 3.8) is 0 Å². The van der Waals surface area contributed by atoms with Gasteiger partial charge in [-0.2, -0.15) is 0 Å². The molecule has 114 valence electrons. The van der Waals surface area contributed by atoms with Crippen molar-refractivity contribution in [2.24, 2.45) is 22.7 Å². The molecule has 0 N–H and O–H groups in total. The molecule has 4 aliphatic carbocycles. The zero-order valence-corrected chi connectivity index (χ0v) is 13.3. The topological polar surface area (TPSA) is 9.23 Å². The first-order chi connectivity index (χ1) is 9.81.